The molecule has 1 aliphatic carbocycles. The van der Waals surface area contributed by atoms with Crippen LogP contribution >= 0.6 is 11.3 Å². The van der Waals surface area contributed by atoms with Gasteiger partial charge in [0.05, 0.1) is 4.90 Å². The molecule has 1 heterocycles. The molecule has 0 aliphatic heterocycles. The Morgan fingerprint density at radius 2 is 2.05 bits per heavy atom. The lowest BCUT2D eigenvalue weighted by Gasteiger charge is -2.34. The molecule has 0 aromatic carbocycles. The van der Waals surface area contributed by atoms with Crippen molar-refractivity contribution in [3.05, 3.63) is 15.8 Å². The summed E-state index contributed by atoms with van der Waals surface area (Å²) in [6.45, 7) is 6.96. The zero-order chi connectivity index (χ0) is 15.6. The quantitative estimate of drug-likeness (QED) is 0.873. The molecule has 4 nitrogen and oxygen atoms in total. The first-order valence-corrected chi connectivity index (χ1v) is 9.91. The molecular weight excluding hydrogens is 304 g/mol. The van der Waals surface area contributed by atoms with Gasteiger partial charge in [0.2, 0.25) is 10.0 Å². The maximum atomic E-state index is 12.7. The van der Waals surface area contributed by atoms with E-state index in [-0.39, 0.29) is 6.04 Å². The molecule has 0 amide bonds. The van der Waals surface area contributed by atoms with Crippen LogP contribution in [0.4, 0.5) is 0 Å². The summed E-state index contributed by atoms with van der Waals surface area (Å²) in [6, 6.07) is 1.86. The van der Waals surface area contributed by atoms with Crippen molar-refractivity contribution in [2.24, 2.45) is 11.8 Å². The maximum Gasteiger partial charge on any atom is 0.241 e. The largest absolute Gasteiger partial charge is 0.315 e. The summed E-state index contributed by atoms with van der Waals surface area (Å²) in [7, 11) is -1.54. The molecule has 1 aliphatic rings. The summed E-state index contributed by atoms with van der Waals surface area (Å²) in [6.07, 6.45) is 3.24. The van der Waals surface area contributed by atoms with E-state index in [0.29, 0.717) is 23.3 Å². The molecule has 0 radical (unpaired) electrons. The summed E-state index contributed by atoms with van der Waals surface area (Å²) in [4.78, 5) is 2.37. The van der Waals surface area contributed by atoms with Crippen molar-refractivity contribution < 1.29 is 8.42 Å². The summed E-state index contributed by atoms with van der Waals surface area (Å²) in [5.41, 5.74) is 0. The summed E-state index contributed by atoms with van der Waals surface area (Å²) in [5.74, 6) is 0.971. The molecule has 3 atom stereocenters. The van der Waals surface area contributed by atoms with Crippen LogP contribution < -0.4 is 10.0 Å². The predicted molar refractivity (Wildman–Crippen MR) is 88.1 cm³/mol. The molecule has 3 unspecified atom stereocenters. The topological polar surface area (TPSA) is 58.2 Å². The zero-order valence-electron chi connectivity index (χ0n) is 13.3. The molecule has 1 aromatic rings. The Morgan fingerprint density at radius 1 is 1.33 bits per heavy atom. The minimum Gasteiger partial charge on any atom is -0.315 e. The van der Waals surface area contributed by atoms with Gasteiger partial charge >= 0.3 is 0 Å². The summed E-state index contributed by atoms with van der Waals surface area (Å²) >= 11 is 1.55. The number of aryl methyl sites for hydroxylation is 1. The number of hydrogen-bond donors (Lipinski definition) is 2. The van der Waals surface area contributed by atoms with Gasteiger partial charge in [-0.15, -0.1) is 11.3 Å². The third-order valence-electron chi connectivity index (χ3n) is 4.58. The first-order chi connectivity index (χ1) is 9.85. The van der Waals surface area contributed by atoms with Gasteiger partial charge in [0, 0.05) is 22.3 Å². The lowest BCUT2D eigenvalue weighted by Crippen LogP contribution is -2.43. The standard InChI is InChI=1S/C15H26N2O2S2/c1-10-6-5-7-14(11(10)2)17-21(18,19)15-8-13(9-16-4)20-12(15)3/h8,10-11,14,16-17H,5-7,9H2,1-4H3. The highest BCUT2D eigenvalue weighted by Crippen LogP contribution is 2.32. The van der Waals surface area contributed by atoms with Crippen molar-refractivity contribution in [1.82, 2.24) is 10.0 Å². The van der Waals surface area contributed by atoms with Gasteiger partial charge in [-0.3, -0.25) is 0 Å². The van der Waals surface area contributed by atoms with E-state index < -0.39 is 10.0 Å². The molecule has 2 rings (SSSR count). The van der Waals surface area contributed by atoms with E-state index >= 15 is 0 Å². The van der Waals surface area contributed by atoms with E-state index in [2.05, 4.69) is 23.9 Å². The van der Waals surface area contributed by atoms with E-state index in [9.17, 15) is 8.42 Å². The van der Waals surface area contributed by atoms with Gasteiger partial charge in [-0.1, -0.05) is 26.7 Å². The molecular formula is C15H26N2O2S2. The van der Waals surface area contributed by atoms with Gasteiger partial charge in [-0.2, -0.15) is 0 Å². The minimum absolute atomic E-state index is 0.0609. The fraction of sp³-hybridized carbons (Fsp3) is 0.733. The van der Waals surface area contributed by atoms with E-state index in [0.717, 1.165) is 22.6 Å². The SMILES string of the molecule is CNCc1cc(S(=O)(=O)NC2CCCC(C)C2C)c(C)s1. The highest BCUT2D eigenvalue weighted by Gasteiger charge is 2.31. The van der Waals surface area contributed by atoms with Gasteiger partial charge in [0.1, 0.15) is 0 Å². The highest BCUT2D eigenvalue weighted by molar-refractivity contribution is 7.89. The van der Waals surface area contributed by atoms with Crippen LogP contribution in [0.5, 0.6) is 0 Å². The number of sulfonamides is 1. The van der Waals surface area contributed by atoms with Crippen molar-refractivity contribution >= 4 is 21.4 Å². The number of thiophene rings is 1. The van der Waals surface area contributed by atoms with Crippen LogP contribution in [0.3, 0.4) is 0 Å². The Hall–Kier alpha value is -0.430. The Morgan fingerprint density at radius 3 is 2.71 bits per heavy atom. The van der Waals surface area contributed by atoms with E-state index in [1.165, 1.54) is 6.42 Å². The molecule has 0 spiro atoms. The van der Waals surface area contributed by atoms with E-state index in [1.54, 1.807) is 17.4 Å². The Labute approximate surface area is 132 Å². The van der Waals surface area contributed by atoms with Crippen molar-refractivity contribution in [2.45, 2.75) is 57.5 Å². The van der Waals surface area contributed by atoms with Crippen LogP contribution in [0.15, 0.2) is 11.0 Å². The Balaban J connectivity index is 2.18. The average molecular weight is 331 g/mol. The molecule has 2 N–H and O–H groups in total. The number of rotatable bonds is 5. The number of hydrogen-bond acceptors (Lipinski definition) is 4. The van der Waals surface area contributed by atoms with Crippen molar-refractivity contribution in [2.75, 3.05) is 7.05 Å². The lowest BCUT2D eigenvalue weighted by molar-refractivity contribution is 0.227. The van der Waals surface area contributed by atoms with E-state index in [1.807, 2.05) is 14.0 Å². The van der Waals surface area contributed by atoms with Crippen LogP contribution in [-0.2, 0) is 16.6 Å². The second-order valence-corrected chi connectivity index (χ2v) is 9.18. The fourth-order valence-electron chi connectivity index (χ4n) is 3.06. The van der Waals surface area contributed by atoms with Gasteiger partial charge in [0.15, 0.2) is 0 Å². The monoisotopic (exact) mass is 330 g/mol. The third kappa shape index (κ3) is 3.86. The molecule has 120 valence electrons. The van der Waals surface area contributed by atoms with Crippen molar-refractivity contribution in [3.8, 4) is 0 Å². The first-order valence-electron chi connectivity index (χ1n) is 7.61. The molecule has 1 aromatic heterocycles. The van der Waals surface area contributed by atoms with Crippen LogP contribution in [0.25, 0.3) is 0 Å². The van der Waals surface area contributed by atoms with Gasteiger partial charge in [-0.25, -0.2) is 13.1 Å². The second-order valence-electron chi connectivity index (χ2n) is 6.16. The number of nitrogens with one attached hydrogen (secondary N) is 2. The lowest BCUT2D eigenvalue weighted by atomic mass is 9.78. The van der Waals surface area contributed by atoms with Crippen LogP contribution in [0.1, 0.15) is 42.9 Å². The molecule has 0 bridgehead atoms. The first kappa shape index (κ1) is 16.9. The highest BCUT2D eigenvalue weighted by atomic mass is 32.2. The molecule has 21 heavy (non-hydrogen) atoms. The van der Waals surface area contributed by atoms with Crippen LogP contribution in [0, 0.1) is 18.8 Å². The smallest absolute Gasteiger partial charge is 0.241 e. The molecule has 0 saturated heterocycles. The summed E-state index contributed by atoms with van der Waals surface area (Å²) < 4.78 is 28.3. The van der Waals surface area contributed by atoms with E-state index in [4.69, 9.17) is 0 Å². The van der Waals surface area contributed by atoms with Gasteiger partial charge in [-0.05, 0) is 38.3 Å². The Bertz CT molecular complexity index is 580. The normalized spacial score (nSPS) is 27.0. The van der Waals surface area contributed by atoms with Crippen LogP contribution in [-0.4, -0.2) is 21.5 Å². The minimum atomic E-state index is -3.41. The Kier molecular flexibility index (Phi) is 5.46. The molecule has 1 saturated carbocycles. The maximum absolute atomic E-state index is 12.7. The van der Waals surface area contributed by atoms with Crippen LogP contribution in [0.2, 0.25) is 0 Å². The van der Waals surface area contributed by atoms with Crippen molar-refractivity contribution in [1.29, 1.82) is 0 Å². The summed E-state index contributed by atoms with van der Waals surface area (Å²) in [5, 5.41) is 3.07. The average Bonchev–Trinajstić information content (AvgIpc) is 2.77. The molecule has 6 heteroatoms. The van der Waals surface area contributed by atoms with Gasteiger partial charge < -0.3 is 5.32 Å². The second kappa shape index (κ2) is 6.77. The fourth-order valence-corrected chi connectivity index (χ4v) is 6.07. The van der Waals surface area contributed by atoms with Crippen molar-refractivity contribution in [3.63, 3.8) is 0 Å². The third-order valence-corrected chi connectivity index (χ3v) is 7.37. The van der Waals surface area contributed by atoms with Gasteiger partial charge in [0.25, 0.3) is 0 Å². The molecule has 1 fully saturated rings. The predicted octanol–water partition coefficient (Wildman–Crippen LogP) is 2.88. The zero-order valence-corrected chi connectivity index (χ0v) is 14.9.